The third kappa shape index (κ3) is 25.0. The van der Waals surface area contributed by atoms with Crippen molar-refractivity contribution in [3.8, 4) is 0 Å². The molecular weight excluding hydrogens is 542 g/mol. The molecule has 2 saturated heterocycles. The lowest BCUT2D eigenvalue weighted by Crippen LogP contribution is -2.52. The second-order valence-corrected chi connectivity index (χ2v) is 16.9. The molecule has 0 aromatic heterocycles. The zero-order valence-corrected chi connectivity index (χ0v) is 29.6. The highest BCUT2D eigenvalue weighted by Gasteiger charge is 2.33. The monoisotopic (exact) mass is 632 g/mol. The van der Waals surface area contributed by atoms with Gasteiger partial charge in [0.2, 0.25) is 0 Å². The topological polar surface area (TPSA) is 28.2 Å². The molecule has 4 fully saturated rings. The van der Waals surface area contributed by atoms with E-state index >= 15 is 0 Å². The van der Waals surface area contributed by atoms with E-state index in [2.05, 4.69) is 105 Å². The summed E-state index contributed by atoms with van der Waals surface area (Å²) in [6.45, 7) is 37.8. The molecule has 0 aromatic rings. The first-order valence-corrected chi connectivity index (χ1v) is 16.7. The fourth-order valence-electron chi connectivity index (χ4n) is 5.52. The molecule has 0 bridgehead atoms. The van der Waals surface area contributed by atoms with Crippen molar-refractivity contribution >= 4 is 0 Å². The minimum Gasteiger partial charge on any atom is -0.379 e. The molecule has 0 amide bonds. The van der Waals surface area contributed by atoms with E-state index in [-0.39, 0.29) is 35.3 Å². The number of morpholine rings is 1. The standard InChI is InChI=1S/C10H21NO2.C9H20N2.C9H18.C7H14.4CH4/c1-10(2,3)13-9-6-11-4-7-12-8-5-11;1-9(2,3)11-7-5-10(4)6-8-11;1-9(2,3)8-6-4-5-7-8;1-7(2,3)6-4-5-6;;;;/h4-9H2,1-3H3;5-8H2,1-4H3;8H,4-7H2,1-3H3;6H,4-5H2,1-3H3;4*1H4. The fourth-order valence-corrected chi connectivity index (χ4v) is 5.52. The molecule has 2 aliphatic heterocycles. The summed E-state index contributed by atoms with van der Waals surface area (Å²) in [7, 11) is 2.19. The highest BCUT2D eigenvalue weighted by Crippen LogP contribution is 2.44. The molecule has 2 aliphatic carbocycles. The Bertz CT molecular complexity index is 630. The van der Waals surface area contributed by atoms with Gasteiger partial charge in [-0.05, 0) is 96.9 Å². The SMILES string of the molecule is C.C.C.C.CC(C)(C)C1CC1.CC(C)(C)C1CCCC1.CC(C)(C)OCCN1CCOCC1.CN1CCN(C(C)(C)C)CC1. The summed E-state index contributed by atoms with van der Waals surface area (Å²) in [4.78, 5) is 7.32. The van der Waals surface area contributed by atoms with E-state index in [1.54, 1.807) is 0 Å². The van der Waals surface area contributed by atoms with Crippen LogP contribution in [0, 0.1) is 22.7 Å². The molecule has 272 valence electrons. The van der Waals surface area contributed by atoms with Crippen LogP contribution in [0.25, 0.3) is 0 Å². The number of nitrogens with zero attached hydrogens (tertiary/aromatic N) is 3. The fraction of sp³-hybridized carbons (Fsp3) is 1.00. The van der Waals surface area contributed by atoms with Crippen LogP contribution in [0.4, 0.5) is 0 Å². The van der Waals surface area contributed by atoms with Gasteiger partial charge in [0, 0.05) is 51.4 Å². The van der Waals surface area contributed by atoms with Gasteiger partial charge in [0.05, 0.1) is 25.4 Å². The van der Waals surface area contributed by atoms with Crippen LogP contribution in [-0.2, 0) is 9.47 Å². The van der Waals surface area contributed by atoms with E-state index in [1.807, 2.05) is 0 Å². The van der Waals surface area contributed by atoms with Gasteiger partial charge in [0.15, 0.2) is 0 Å². The Morgan fingerprint density at radius 3 is 1.30 bits per heavy atom. The Morgan fingerprint density at radius 2 is 1.00 bits per heavy atom. The maximum atomic E-state index is 5.65. The van der Waals surface area contributed by atoms with Crippen LogP contribution >= 0.6 is 0 Å². The molecule has 44 heavy (non-hydrogen) atoms. The van der Waals surface area contributed by atoms with E-state index in [9.17, 15) is 0 Å². The lowest BCUT2D eigenvalue weighted by molar-refractivity contribution is -0.0283. The quantitative estimate of drug-likeness (QED) is 0.309. The maximum Gasteiger partial charge on any atom is 0.0600 e. The highest BCUT2D eigenvalue weighted by atomic mass is 16.5. The molecule has 2 saturated carbocycles. The second-order valence-electron chi connectivity index (χ2n) is 16.9. The predicted octanol–water partition coefficient (Wildman–Crippen LogP) is 10.4. The number of rotatable bonds is 3. The van der Waals surface area contributed by atoms with Crippen molar-refractivity contribution in [3.63, 3.8) is 0 Å². The van der Waals surface area contributed by atoms with E-state index in [1.165, 1.54) is 64.7 Å². The molecule has 5 heteroatoms. The molecule has 5 nitrogen and oxygen atoms in total. The molecule has 0 N–H and O–H groups in total. The smallest absolute Gasteiger partial charge is 0.0600 e. The lowest BCUT2D eigenvalue weighted by atomic mass is 9.80. The molecule has 2 heterocycles. The second kappa shape index (κ2) is 23.2. The number of piperazine rings is 1. The molecule has 0 spiro atoms. The third-order valence-corrected chi connectivity index (χ3v) is 8.88. The van der Waals surface area contributed by atoms with Crippen LogP contribution in [0.15, 0.2) is 0 Å². The molecule has 4 rings (SSSR count). The van der Waals surface area contributed by atoms with Crippen LogP contribution in [0.2, 0.25) is 0 Å². The van der Waals surface area contributed by atoms with E-state index in [0.717, 1.165) is 51.3 Å². The summed E-state index contributed by atoms with van der Waals surface area (Å²) in [6, 6.07) is 0. The van der Waals surface area contributed by atoms with E-state index in [4.69, 9.17) is 9.47 Å². The Labute approximate surface area is 281 Å². The van der Waals surface area contributed by atoms with Gasteiger partial charge in [0.1, 0.15) is 0 Å². The van der Waals surface area contributed by atoms with Gasteiger partial charge in [-0.25, -0.2) is 0 Å². The molecule has 0 unspecified atom stereocenters. The summed E-state index contributed by atoms with van der Waals surface area (Å²) in [6.07, 6.45) is 8.85. The van der Waals surface area contributed by atoms with Crippen molar-refractivity contribution in [2.75, 3.05) is 72.7 Å². The maximum absolute atomic E-state index is 5.65. The third-order valence-electron chi connectivity index (χ3n) is 8.88. The highest BCUT2D eigenvalue weighted by molar-refractivity contribution is 4.84. The van der Waals surface area contributed by atoms with Crippen LogP contribution in [0.1, 0.15) is 151 Å². The summed E-state index contributed by atoms with van der Waals surface area (Å²) in [5, 5.41) is 0. The van der Waals surface area contributed by atoms with Crippen molar-refractivity contribution in [3.05, 3.63) is 0 Å². The average Bonchev–Trinajstić information content (AvgIpc) is 3.54. The van der Waals surface area contributed by atoms with Crippen molar-refractivity contribution in [1.82, 2.24) is 14.7 Å². The number of hydrogen-bond donors (Lipinski definition) is 0. The average molecular weight is 632 g/mol. The van der Waals surface area contributed by atoms with Gasteiger partial charge < -0.3 is 14.4 Å². The van der Waals surface area contributed by atoms with Crippen molar-refractivity contribution in [1.29, 1.82) is 0 Å². The minimum atomic E-state index is -0.00765. The zero-order chi connectivity index (χ0) is 30.6. The Hall–Kier alpha value is -0.200. The van der Waals surface area contributed by atoms with Crippen LogP contribution in [0.5, 0.6) is 0 Å². The van der Waals surface area contributed by atoms with Crippen molar-refractivity contribution in [2.24, 2.45) is 22.7 Å². The normalized spacial score (nSPS) is 20.4. The predicted molar refractivity (Wildman–Crippen MR) is 202 cm³/mol. The molecule has 0 aromatic carbocycles. The van der Waals surface area contributed by atoms with Gasteiger partial charge >= 0.3 is 0 Å². The first kappa shape index (κ1) is 50.7. The van der Waals surface area contributed by atoms with Crippen molar-refractivity contribution in [2.45, 2.75) is 162 Å². The summed E-state index contributed by atoms with van der Waals surface area (Å²) < 4.78 is 10.9. The van der Waals surface area contributed by atoms with Crippen molar-refractivity contribution < 1.29 is 9.47 Å². The summed E-state index contributed by atoms with van der Waals surface area (Å²) >= 11 is 0. The first-order valence-electron chi connectivity index (χ1n) is 16.7. The number of ether oxygens (including phenoxy) is 2. The van der Waals surface area contributed by atoms with Gasteiger partial charge in [-0.2, -0.15) is 0 Å². The number of hydrogen-bond acceptors (Lipinski definition) is 5. The van der Waals surface area contributed by atoms with Gasteiger partial charge in [-0.15, -0.1) is 0 Å². The minimum absolute atomic E-state index is 0. The van der Waals surface area contributed by atoms with Crippen LogP contribution in [0.3, 0.4) is 0 Å². The Morgan fingerprint density at radius 1 is 0.591 bits per heavy atom. The first-order chi connectivity index (χ1) is 18.3. The molecule has 0 atom stereocenters. The number of likely N-dealkylation sites (N-methyl/N-ethyl adjacent to an activating group) is 1. The van der Waals surface area contributed by atoms with Crippen LogP contribution in [-0.4, -0.2) is 98.5 Å². The summed E-state index contributed by atoms with van der Waals surface area (Å²) in [5.41, 5.74) is 1.55. The Kier molecular flexibility index (Phi) is 26.7. The molecule has 0 radical (unpaired) electrons. The van der Waals surface area contributed by atoms with E-state index in [0.29, 0.717) is 16.4 Å². The van der Waals surface area contributed by atoms with Gasteiger partial charge in [-0.3, -0.25) is 9.80 Å². The Balaban J connectivity index is -0.000000240. The summed E-state index contributed by atoms with van der Waals surface area (Å²) in [5.74, 6) is 2.06. The van der Waals surface area contributed by atoms with Gasteiger partial charge in [0.25, 0.3) is 0 Å². The van der Waals surface area contributed by atoms with Crippen LogP contribution < -0.4 is 0 Å². The largest absolute Gasteiger partial charge is 0.379 e. The molecular formula is C39H89N3O2. The lowest BCUT2D eigenvalue weighted by Gasteiger charge is -2.41. The zero-order valence-electron chi connectivity index (χ0n) is 29.6. The van der Waals surface area contributed by atoms with Gasteiger partial charge in [-0.1, -0.05) is 84.1 Å². The molecule has 4 aliphatic rings. The van der Waals surface area contributed by atoms with E-state index < -0.39 is 0 Å².